The maximum atomic E-state index is 4.65. The highest BCUT2D eigenvalue weighted by Gasteiger charge is 2.21. The van der Waals surface area contributed by atoms with E-state index in [1.54, 1.807) is 6.33 Å². The van der Waals surface area contributed by atoms with E-state index in [1.165, 1.54) is 36.5 Å². The molecule has 0 spiro atoms. The quantitative estimate of drug-likeness (QED) is 0.939. The van der Waals surface area contributed by atoms with Gasteiger partial charge in [-0.2, -0.15) is 0 Å². The van der Waals surface area contributed by atoms with Crippen LogP contribution in [0.3, 0.4) is 0 Å². The maximum absolute atomic E-state index is 4.65. The van der Waals surface area contributed by atoms with Gasteiger partial charge in [0.25, 0.3) is 0 Å². The van der Waals surface area contributed by atoms with E-state index in [9.17, 15) is 0 Å². The van der Waals surface area contributed by atoms with E-state index >= 15 is 0 Å². The molecule has 1 aliphatic heterocycles. The van der Waals surface area contributed by atoms with Crippen molar-refractivity contribution in [3.8, 4) is 0 Å². The first-order chi connectivity index (χ1) is 10.2. The molecular weight excluding hydrogens is 260 g/mol. The summed E-state index contributed by atoms with van der Waals surface area (Å²) in [5.74, 6) is 0.715. The van der Waals surface area contributed by atoms with Crippen LogP contribution in [-0.2, 0) is 13.0 Å². The van der Waals surface area contributed by atoms with Crippen LogP contribution in [0.1, 0.15) is 35.6 Å². The fourth-order valence-corrected chi connectivity index (χ4v) is 3.23. The summed E-state index contributed by atoms with van der Waals surface area (Å²) in [6.07, 6.45) is 5.48. The number of hydrogen-bond donors (Lipinski definition) is 1. The van der Waals surface area contributed by atoms with Gasteiger partial charge in [-0.15, -0.1) is 0 Å². The largest absolute Gasteiger partial charge is 0.348 e. The van der Waals surface area contributed by atoms with E-state index in [0.717, 1.165) is 25.2 Å². The predicted molar refractivity (Wildman–Crippen MR) is 84.0 cm³/mol. The van der Waals surface area contributed by atoms with Gasteiger partial charge in [-0.1, -0.05) is 6.07 Å². The third-order valence-corrected chi connectivity index (χ3v) is 4.35. The number of hydrogen-bond acceptors (Lipinski definition) is 3. The van der Waals surface area contributed by atoms with Crippen LogP contribution in [0.5, 0.6) is 0 Å². The molecule has 0 aromatic carbocycles. The molecule has 1 unspecified atom stereocenters. The topological polar surface area (TPSA) is 44.8 Å². The Morgan fingerprint density at radius 3 is 3.00 bits per heavy atom. The zero-order valence-corrected chi connectivity index (χ0v) is 13.0. The van der Waals surface area contributed by atoms with E-state index in [2.05, 4.69) is 51.9 Å². The van der Waals surface area contributed by atoms with Crippen LogP contribution < -0.4 is 0 Å². The van der Waals surface area contributed by atoms with Gasteiger partial charge in [0.2, 0.25) is 0 Å². The minimum Gasteiger partial charge on any atom is -0.348 e. The third-order valence-electron chi connectivity index (χ3n) is 4.35. The van der Waals surface area contributed by atoms with E-state index in [-0.39, 0.29) is 0 Å². The summed E-state index contributed by atoms with van der Waals surface area (Å²) in [4.78, 5) is 14.8. The summed E-state index contributed by atoms with van der Waals surface area (Å²) < 4.78 is 0. The number of nitrogens with zero attached hydrogens (tertiary/aromatic N) is 3. The van der Waals surface area contributed by atoms with Gasteiger partial charge in [-0.05, 0) is 57.7 Å². The number of piperidine rings is 1. The van der Waals surface area contributed by atoms with Crippen molar-refractivity contribution < 1.29 is 0 Å². The summed E-state index contributed by atoms with van der Waals surface area (Å²) in [5, 5.41) is 0. The van der Waals surface area contributed by atoms with Crippen molar-refractivity contribution in [3.05, 3.63) is 47.3 Å². The molecule has 0 amide bonds. The lowest BCUT2D eigenvalue weighted by Gasteiger charge is -2.32. The van der Waals surface area contributed by atoms with E-state index < -0.39 is 0 Å². The first-order valence-electron chi connectivity index (χ1n) is 7.84. The molecule has 2 aromatic rings. The number of aryl methyl sites for hydroxylation is 2. The number of pyridine rings is 1. The average Bonchev–Trinajstić information content (AvgIpc) is 2.85. The minimum absolute atomic E-state index is 0.715. The normalized spacial score (nSPS) is 19.8. The summed E-state index contributed by atoms with van der Waals surface area (Å²) >= 11 is 0. The van der Waals surface area contributed by atoms with Gasteiger partial charge in [0.05, 0.1) is 12.0 Å². The summed E-state index contributed by atoms with van der Waals surface area (Å²) in [6.45, 7) is 7.47. The lowest BCUT2D eigenvalue weighted by Crippen LogP contribution is -2.36. The Morgan fingerprint density at radius 2 is 2.24 bits per heavy atom. The average molecular weight is 284 g/mol. The van der Waals surface area contributed by atoms with Crippen molar-refractivity contribution in [2.24, 2.45) is 5.92 Å². The van der Waals surface area contributed by atoms with Gasteiger partial charge in [0, 0.05) is 30.2 Å². The number of aromatic amines is 1. The smallest absolute Gasteiger partial charge is 0.0925 e. The molecule has 2 aromatic heterocycles. The minimum atomic E-state index is 0.715. The fourth-order valence-electron chi connectivity index (χ4n) is 3.23. The molecule has 3 heterocycles. The van der Waals surface area contributed by atoms with Crippen LogP contribution in [0.15, 0.2) is 24.5 Å². The number of rotatable bonds is 4. The van der Waals surface area contributed by atoms with Crippen molar-refractivity contribution >= 4 is 0 Å². The van der Waals surface area contributed by atoms with Crippen LogP contribution >= 0.6 is 0 Å². The maximum Gasteiger partial charge on any atom is 0.0925 e. The number of H-pyrrole nitrogens is 1. The van der Waals surface area contributed by atoms with Crippen LogP contribution in [0, 0.1) is 19.8 Å². The zero-order chi connectivity index (χ0) is 14.7. The molecule has 1 fully saturated rings. The molecule has 1 saturated heterocycles. The SMILES string of the molecule is Cc1cccc(CC2CCCN(Cc3nc[nH]c3C)C2)n1. The fraction of sp³-hybridized carbons (Fsp3) is 0.529. The van der Waals surface area contributed by atoms with Crippen molar-refractivity contribution in [1.82, 2.24) is 19.9 Å². The van der Waals surface area contributed by atoms with Gasteiger partial charge < -0.3 is 4.98 Å². The number of aromatic nitrogens is 3. The van der Waals surface area contributed by atoms with Gasteiger partial charge in [0.1, 0.15) is 0 Å². The van der Waals surface area contributed by atoms with Gasteiger partial charge in [0.15, 0.2) is 0 Å². The Labute approximate surface area is 126 Å². The second kappa shape index (κ2) is 6.39. The molecule has 0 saturated carbocycles. The molecule has 0 aliphatic carbocycles. The molecule has 21 heavy (non-hydrogen) atoms. The molecule has 1 atom stereocenters. The highest BCUT2D eigenvalue weighted by Crippen LogP contribution is 2.21. The summed E-state index contributed by atoms with van der Waals surface area (Å²) in [7, 11) is 0. The zero-order valence-electron chi connectivity index (χ0n) is 13.0. The molecule has 0 bridgehead atoms. The summed E-state index contributed by atoms with van der Waals surface area (Å²) in [5.41, 5.74) is 4.73. The number of likely N-dealkylation sites (tertiary alicyclic amines) is 1. The predicted octanol–water partition coefficient (Wildman–Crippen LogP) is 2.88. The second-order valence-electron chi connectivity index (χ2n) is 6.19. The third kappa shape index (κ3) is 3.70. The molecule has 4 nitrogen and oxygen atoms in total. The van der Waals surface area contributed by atoms with Gasteiger partial charge >= 0.3 is 0 Å². The van der Waals surface area contributed by atoms with E-state index in [1.807, 2.05) is 0 Å². The first-order valence-corrected chi connectivity index (χ1v) is 7.84. The first kappa shape index (κ1) is 14.3. The van der Waals surface area contributed by atoms with Gasteiger partial charge in [-0.3, -0.25) is 9.88 Å². The molecular formula is C17H24N4. The van der Waals surface area contributed by atoms with Crippen molar-refractivity contribution in [3.63, 3.8) is 0 Å². The highest BCUT2D eigenvalue weighted by atomic mass is 15.1. The summed E-state index contributed by atoms with van der Waals surface area (Å²) in [6, 6.07) is 6.34. The Hall–Kier alpha value is -1.68. The molecule has 112 valence electrons. The van der Waals surface area contributed by atoms with Crippen molar-refractivity contribution in [1.29, 1.82) is 0 Å². The molecule has 1 N–H and O–H groups in total. The monoisotopic (exact) mass is 284 g/mol. The van der Waals surface area contributed by atoms with Crippen molar-refractivity contribution in [2.45, 2.75) is 39.7 Å². The van der Waals surface area contributed by atoms with E-state index in [0.29, 0.717) is 5.92 Å². The van der Waals surface area contributed by atoms with Crippen molar-refractivity contribution in [2.75, 3.05) is 13.1 Å². The lowest BCUT2D eigenvalue weighted by atomic mass is 9.93. The van der Waals surface area contributed by atoms with Crippen LogP contribution in [-0.4, -0.2) is 32.9 Å². The Balaban J connectivity index is 1.59. The molecule has 0 radical (unpaired) electrons. The Bertz CT molecular complexity index is 590. The van der Waals surface area contributed by atoms with E-state index in [4.69, 9.17) is 0 Å². The standard InChI is InChI=1S/C17H24N4/c1-13-5-3-7-16(20-13)9-15-6-4-8-21(10-15)11-17-14(2)18-12-19-17/h3,5,7,12,15H,4,6,8-11H2,1-2H3,(H,18,19). The Morgan fingerprint density at radius 1 is 1.33 bits per heavy atom. The highest BCUT2D eigenvalue weighted by molar-refractivity contribution is 5.11. The van der Waals surface area contributed by atoms with Gasteiger partial charge in [-0.25, -0.2) is 4.98 Å². The molecule has 4 heteroatoms. The van der Waals surface area contributed by atoms with Crippen LogP contribution in [0.25, 0.3) is 0 Å². The van der Waals surface area contributed by atoms with Crippen LogP contribution in [0.2, 0.25) is 0 Å². The number of nitrogens with one attached hydrogen (secondary N) is 1. The number of imidazole rings is 1. The second-order valence-corrected chi connectivity index (χ2v) is 6.19. The van der Waals surface area contributed by atoms with Crippen LogP contribution in [0.4, 0.5) is 0 Å². The molecule has 1 aliphatic rings. The molecule has 3 rings (SSSR count). The lowest BCUT2D eigenvalue weighted by molar-refractivity contribution is 0.164. The Kier molecular flexibility index (Phi) is 4.34.